The van der Waals surface area contributed by atoms with Crippen LogP contribution in [0.4, 0.5) is 5.69 Å². The molecule has 1 aromatic carbocycles. The number of Topliss-reactive ketones (excluding diaryl/α,β-unsaturated/α-hetero) is 1. The van der Waals surface area contributed by atoms with E-state index in [1.165, 1.54) is 30.7 Å². The first-order valence-electron chi connectivity index (χ1n) is 15.6. The molecule has 3 heterocycles. The maximum atomic E-state index is 13.4. The average molecular weight is 595 g/mol. The van der Waals surface area contributed by atoms with Crippen molar-refractivity contribution in [1.29, 1.82) is 0 Å². The lowest BCUT2D eigenvalue weighted by molar-refractivity contribution is -0.634. The van der Waals surface area contributed by atoms with Crippen molar-refractivity contribution in [3.63, 3.8) is 0 Å². The number of phenolic OH excluding ortho intramolecular Hbond substituents is 1. The van der Waals surface area contributed by atoms with Gasteiger partial charge in [-0.15, -0.1) is 10.1 Å². The third kappa shape index (κ3) is 6.22. The van der Waals surface area contributed by atoms with Gasteiger partial charge >= 0.3 is 5.91 Å². The number of aromatic hydroxyl groups is 1. The fourth-order valence-corrected chi connectivity index (χ4v) is 6.39. The van der Waals surface area contributed by atoms with Crippen molar-refractivity contribution in [2.75, 3.05) is 71.4 Å². The van der Waals surface area contributed by atoms with Gasteiger partial charge in [0.1, 0.15) is 17.1 Å². The Morgan fingerprint density at radius 1 is 0.814 bits per heavy atom. The summed E-state index contributed by atoms with van der Waals surface area (Å²) in [6.07, 6.45) is 4.89. The summed E-state index contributed by atoms with van der Waals surface area (Å²) >= 11 is 0. The number of amides is 1. The van der Waals surface area contributed by atoms with Gasteiger partial charge in [0.05, 0.1) is 16.7 Å². The van der Waals surface area contributed by atoms with Gasteiger partial charge in [0.15, 0.2) is 0 Å². The normalized spacial score (nSPS) is 22.0. The first kappa shape index (κ1) is 31.2. The number of ketones is 1. The molecule has 1 aliphatic carbocycles. The molecular weight excluding hydrogens is 546 g/mol. The van der Waals surface area contributed by atoms with E-state index in [0.717, 1.165) is 58.0 Å². The van der Waals surface area contributed by atoms with Gasteiger partial charge in [0, 0.05) is 90.7 Å². The predicted octanol–water partition coefficient (Wildman–Crippen LogP) is 1.33. The van der Waals surface area contributed by atoms with E-state index in [2.05, 4.69) is 44.1 Å². The number of likely N-dealkylation sites (N-methyl/N-ethyl adjacent to an activating group) is 2. The number of carbonyl (C=O) groups is 2. The summed E-state index contributed by atoms with van der Waals surface area (Å²) in [4.78, 5) is 28.8. The number of aliphatic hydroxyl groups is 1. The van der Waals surface area contributed by atoms with Gasteiger partial charge in [-0.25, -0.2) is 20.0 Å². The third-order valence-corrected chi connectivity index (χ3v) is 9.05. The molecule has 11 nitrogen and oxygen atoms in total. The number of aliphatic hydroxyl groups excluding tert-OH is 1. The number of benzene rings is 1. The van der Waals surface area contributed by atoms with E-state index in [0.29, 0.717) is 5.71 Å². The number of hydrazone groups is 1. The minimum atomic E-state index is -0.512. The van der Waals surface area contributed by atoms with Gasteiger partial charge in [0.2, 0.25) is 11.5 Å². The van der Waals surface area contributed by atoms with Gasteiger partial charge in [-0.3, -0.25) is 9.59 Å². The number of hydrogen-bond donors (Lipinski definition) is 3. The summed E-state index contributed by atoms with van der Waals surface area (Å²) < 4.78 is 0. The first-order chi connectivity index (χ1) is 20.4. The molecule has 1 amide bonds. The Labute approximate surface area is 255 Å². The average Bonchev–Trinajstić information content (AvgIpc) is 3.73. The van der Waals surface area contributed by atoms with E-state index in [-0.39, 0.29) is 39.7 Å². The maximum Gasteiger partial charge on any atom is 0.315 e. The van der Waals surface area contributed by atoms with Crippen LogP contribution in [0.15, 0.2) is 35.1 Å². The van der Waals surface area contributed by atoms with Crippen molar-refractivity contribution < 1.29 is 24.9 Å². The van der Waals surface area contributed by atoms with E-state index in [9.17, 15) is 19.8 Å². The summed E-state index contributed by atoms with van der Waals surface area (Å²) in [5, 5.41) is 36.0. The number of allylic oxidation sites excluding steroid dienone is 2. The predicted molar refractivity (Wildman–Crippen MR) is 167 cm³/mol. The van der Waals surface area contributed by atoms with E-state index in [4.69, 9.17) is 0 Å². The van der Waals surface area contributed by atoms with Gasteiger partial charge in [-0.05, 0) is 58.6 Å². The number of anilines is 1. The standard InChI is InChI=1S/C32H47N7O4/c1-22-26(31(43)39(33-22)32(2,3)4)28-29(41)27(30(28)42)24-12-11-23(21-25(24)40)36(19-17-34(5)37-13-7-8-14-37)20-18-35(6)38-15-9-10-16-38/h11-12,21,40-41H,7-10,13-20H2,1-6H3/p+1/b28-26+. The number of nitrogens with one attached hydrogen (secondary N) is 1. The molecule has 11 heteroatoms. The van der Waals surface area contributed by atoms with Crippen molar-refractivity contribution in [3.8, 4) is 5.75 Å². The maximum absolute atomic E-state index is 13.4. The lowest BCUT2D eigenvalue weighted by Crippen LogP contribution is -2.84. The molecule has 0 bridgehead atoms. The number of nitrogens with zero attached hydrogens (tertiary/aromatic N) is 6. The first-order valence-corrected chi connectivity index (χ1v) is 15.6. The second-order valence-electron chi connectivity index (χ2n) is 13.1. The Hall–Kier alpha value is -3.25. The monoisotopic (exact) mass is 594 g/mol. The Kier molecular flexibility index (Phi) is 8.99. The lowest BCUT2D eigenvalue weighted by Gasteiger charge is -2.34. The van der Waals surface area contributed by atoms with Crippen LogP contribution in [-0.4, -0.2) is 125 Å². The summed E-state index contributed by atoms with van der Waals surface area (Å²) in [6.45, 7) is 15.0. The summed E-state index contributed by atoms with van der Waals surface area (Å²) in [6, 6.07) is 5.28. The lowest BCUT2D eigenvalue weighted by atomic mass is 9.79. The number of phenols is 1. The van der Waals surface area contributed by atoms with Gasteiger partial charge in [0.25, 0.3) is 0 Å². The molecule has 0 unspecified atom stereocenters. The van der Waals surface area contributed by atoms with E-state index >= 15 is 0 Å². The molecule has 0 saturated carbocycles. The Bertz CT molecular complexity index is 1320. The molecule has 2 saturated heterocycles. The second-order valence-corrected chi connectivity index (χ2v) is 13.1. The van der Waals surface area contributed by atoms with Crippen LogP contribution < -0.4 is 10.0 Å². The quantitative estimate of drug-likeness (QED) is 0.346. The molecule has 4 aliphatic rings. The zero-order chi connectivity index (χ0) is 31.1. The highest BCUT2D eigenvalue weighted by atomic mass is 16.3. The minimum Gasteiger partial charge on any atom is -0.507 e. The molecule has 234 valence electrons. The Balaban J connectivity index is 1.37. The van der Waals surface area contributed by atoms with Crippen molar-refractivity contribution >= 4 is 28.7 Å². The SMILES string of the molecule is CC1=[NH+]N(C(C)(C)C)C(=O)/C1=C1/C(=O)C(c2ccc(N(CCN(C)N3CCCC3)CCN(C)N3CCCC3)cc2O)=C1O. The molecule has 43 heavy (non-hydrogen) atoms. The van der Waals surface area contributed by atoms with Gasteiger partial charge in [-0.2, -0.15) is 0 Å². The molecule has 3 aliphatic heterocycles. The van der Waals surface area contributed by atoms with Crippen molar-refractivity contribution in [3.05, 3.63) is 40.7 Å². The molecule has 5 rings (SSSR count). The van der Waals surface area contributed by atoms with E-state index in [1.54, 1.807) is 19.1 Å². The smallest absolute Gasteiger partial charge is 0.315 e. The number of rotatable bonds is 10. The van der Waals surface area contributed by atoms with Crippen LogP contribution in [0.5, 0.6) is 5.75 Å². The number of hydrogen-bond acceptors (Lipinski definition) is 9. The van der Waals surface area contributed by atoms with Crippen LogP contribution in [0.2, 0.25) is 0 Å². The fourth-order valence-electron chi connectivity index (χ4n) is 6.39. The molecular formula is C32H48N7O4+. The molecule has 0 atom stereocenters. The Morgan fingerprint density at radius 3 is 1.79 bits per heavy atom. The van der Waals surface area contributed by atoms with Crippen molar-refractivity contribution in [2.45, 2.75) is 58.9 Å². The van der Waals surface area contributed by atoms with E-state index < -0.39 is 11.3 Å². The fraction of sp³-hybridized carbons (Fsp3) is 0.594. The van der Waals surface area contributed by atoms with Crippen molar-refractivity contribution in [1.82, 2.24) is 25.0 Å². The summed E-state index contributed by atoms with van der Waals surface area (Å²) in [5.74, 6) is -1.14. The highest BCUT2D eigenvalue weighted by Gasteiger charge is 2.48. The number of hydrazine groups is 3. The molecule has 1 aromatic rings. The minimum absolute atomic E-state index is 0.00301. The topological polar surface area (TPSA) is 108 Å². The molecule has 3 N–H and O–H groups in total. The van der Waals surface area contributed by atoms with Crippen LogP contribution in [0.1, 0.15) is 58.9 Å². The van der Waals surface area contributed by atoms with Crippen LogP contribution in [-0.2, 0) is 9.59 Å². The van der Waals surface area contributed by atoms with Crippen molar-refractivity contribution in [2.24, 2.45) is 0 Å². The molecule has 0 radical (unpaired) electrons. The largest absolute Gasteiger partial charge is 0.507 e. The van der Waals surface area contributed by atoms with E-state index in [1.807, 2.05) is 26.8 Å². The number of carbonyl (C=O) groups excluding carboxylic acids is 2. The van der Waals surface area contributed by atoms with Crippen LogP contribution in [0.25, 0.3) is 5.57 Å². The Morgan fingerprint density at radius 2 is 1.35 bits per heavy atom. The molecule has 0 spiro atoms. The second kappa shape index (κ2) is 12.4. The van der Waals surface area contributed by atoms with Crippen LogP contribution in [0, 0.1) is 0 Å². The molecule has 0 aromatic heterocycles. The zero-order valence-electron chi connectivity index (χ0n) is 26.6. The molecule has 2 fully saturated rings. The van der Waals surface area contributed by atoms with Crippen LogP contribution >= 0.6 is 0 Å². The third-order valence-electron chi connectivity index (χ3n) is 9.05. The van der Waals surface area contributed by atoms with Crippen LogP contribution in [0.3, 0.4) is 0 Å². The highest BCUT2D eigenvalue weighted by Crippen LogP contribution is 2.42. The summed E-state index contributed by atoms with van der Waals surface area (Å²) in [5.41, 5.74) is 1.34. The van der Waals surface area contributed by atoms with Gasteiger partial charge in [-0.1, -0.05) is 0 Å². The van der Waals surface area contributed by atoms with Gasteiger partial charge < -0.3 is 15.1 Å². The zero-order valence-corrected chi connectivity index (χ0v) is 26.6. The highest BCUT2D eigenvalue weighted by molar-refractivity contribution is 6.43. The summed E-state index contributed by atoms with van der Waals surface area (Å²) in [7, 11) is 4.27.